The van der Waals surface area contributed by atoms with Crippen molar-refractivity contribution in [3.05, 3.63) is 35.0 Å². The summed E-state index contributed by atoms with van der Waals surface area (Å²) < 4.78 is 2.26. The van der Waals surface area contributed by atoms with Crippen LogP contribution in [0, 0.1) is 13.8 Å². The molecule has 2 nitrogen and oxygen atoms in total. The number of aryl methyl sites for hydroxylation is 2. The predicted octanol–water partition coefficient (Wildman–Crippen LogP) is 3.80. The number of carbonyl (C=O) groups is 1. The number of fused-ring (bicyclic) bond motifs is 1. The van der Waals surface area contributed by atoms with E-state index in [4.69, 9.17) is 0 Å². The number of aromatic nitrogens is 1. The Kier molecular flexibility index (Phi) is 2.15. The van der Waals surface area contributed by atoms with E-state index < -0.39 is 0 Å². The van der Waals surface area contributed by atoms with Gasteiger partial charge in [0.2, 0.25) is 0 Å². The largest absolute Gasteiger partial charge is 0.335 e. The molecule has 17 heavy (non-hydrogen) atoms. The van der Waals surface area contributed by atoms with Crippen molar-refractivity contribution in [3.63, 3.8) is 0 Å². The Balaban J connectivity index is 2.45. The van der Waals surface area contributed by atoms with Crippen LogP contribution in [0.15, 0.2) is 18.2 Å². The first-order valence-corrected chi connectivity index (χ1v) is 6.22. The summed E-state index contributed by atoms with van der Waals surface area (Å²) in [6.07, 6.45) is 2.41. The van der Waals surface area contributed by atoms with Crippen molar-refractivity contribution in [2.75, 3.05) is 0 Å². The molecule has 2 aromatic rings. The molecule has 0 atom stereocenters. The first kappa shape index (κ1) is 10.6. The van der Waals surface area contributed by atoms with E-state index >= 15 is 0 Å². The molecule has 1 aliphatic carbocycles. The highest BCUT2D eigenvalue weighted by Gasteiger charge is 2.30. The maximum absolute atomic E-state index is 11.9. The third kappa shape index (κ3) is 1.43. The van der Waals surface area contributed by atoms with Gasteiger partial charge in [-0.15, -0.1) is 0 Å². The van der Waals surface area contributed by atoms with Gasteiger partial charge >= 0.3 is 0 Å². The average molecular weight is 227 g/mol. The van der Waals surface area contributed by atoms with Crippen LogP contribution < -0.4 is 0 Å². The molecule has 0 unspecified atom stereocenters. The second-order valence-electron chi connectivity index (χ2n) is 5.10. The molecule has 0 saturated heterocycles. The van der Waals surface area contributed by atoms with Crippen LogP contribution in [0.2, 0.25) is 0 Å². The van der Waals surface area contributed by atoms with Gasteiger partial charge in [0.15, 0.2) is 5.78 Å². The average Bonchev–Trinajstić information content (AvgIpc) is 3.04. The van der Waals surface area contributed by atoms with Gasteiger partial charge in [-0.25, -0.2) is 0 Å². The monoisotopic (exact) mass is 227 g/mol. The summed E-state index contributed by atoms with van der Waals surface area (Å²) in [7, 11) is 0. The van der Waals surface area contributed by atoms with Crippen LogP contribution in [0.1, 0.15) is 47.4 Å². The Morgan fingerprint density at radius 3 is 2.59 bits per heavy atom. The van der Waals surface area contributed by atoms with Crippen LogP contribution in [0.4, 0.5) is 0 Å². The topological polar surface area (TPSA) is 22.0 Å². The number of ketones is 1. The summed E-state index contributed by atoms with van der Waals surface area (Å²) in [5.74, 6) is 0.185. The maximum atomic E-state index is 11.9. The van der Waals surface area contributed by atoms with Crippen LogP contribution in [-0.4, -0.2) is 10.4 Å². The summed E-state index contributed by atoms with van der Waals surface area (Å²) >= 11 is 0. The summed E-state index contributed by atoms with van der Waals surface area (Å²) in [5.41, 5.74) is 4.56. The van der Waals surface area contributed by atoms with E-state index in [1.165, 1.54) is 29.3 Å². The van der Waals surface area contributed by atoms with Gasteiger partial charge in [-0.2, -0.15) is 0 Å². The van der Waals surface area contributed by atoms with E-state index in [9.17, 15) is 4.79 Å². The lowest BCUT2D eigenvalue weighted by Gasteiger charge is -2.07. The minimum absolute atomic E-state index is 0.185. The summed E-state index contributed by atoms with van der Waals surface area (Å²) in [4.78, 5) is 11.9. The fourth-order valence-electron chi connectivity index (χ4n) is 2.91. The minimum Gasteiger partial charge on any atom is -0.335 e. The van der Waals surface area contributed by atoms with E-state index in [1.54, 1.807) is 6.92 Å². The molecular formula is C15H17NO. The second kappa shape index (κ2) is 3.46. The Bertz CT molecular complexity index is 617. The summed E-state index contributed by atoms with van der Waals surface area (Å²) in [5, 5.41) is 1.27. The van der Waals surface area contributed by atoms with Crippen molar-refractivity contribution < 1.29 is 4.79 Å². The van der Waals surface area contributed by atoms with Crippen molar-refractivity contribution >= 4 is 16.7 Å². The minimum atomic E-state index is 0.185. The lowest BCUT2D eigenvalue weighted by molar-refractivity contribution is 0.100. The molecule has 1 aromatic heterocycles. The molecule has 0 aliphatic heterocycles. The third-order valence-corrected chi connectivity index (χ3v) is 3.73. The van der Waals surface area contributed by atoms with Crippen molar-refractivity contribution in [2.24, 2.45) is 0 Å². The van der Waals surface area contributed by atoms with Gasteiger partial charge in [0.1, 0.15) is 0 Å². The Morgan fingerprint density at radius 2 is 2.00 bits per heavy atom. The van der Waals surface area contributed by atoms with Crippen molar-refractivity contribution in [1.82, 2.24) is 4.57 Å². The standard InChI is InChI=1S/C15H17NO/c1-9-5-4-6-13-14(9)10(2)15(11(3)17)16(13)12-7-8-12/h4-6,12H,7-8H2,1-3H3. The van der Waals surface area contributed by atoms with E-state index in [0.717, 1.165) is 11.3 Å². The van der Waals surface area contributed by atoms with E-state index in [-0.39, 0.29) is 5.78 Å². The SMILES string of the molecule is CC(=O)c1c(C)c2c(C)cccc2n1C1CC1. The molecule has 88 valence electrons. The fourth-order valence-corrected chi connectivity index (χ4v) is 2.91. The number of hydrogen-bond acceptors (Lipinski definition) is 1. The van der Waals surface area contributed by atoms with Gasteiger partial charge in [-0.3, -0.25) is 4.79 Å². The van der Waals surface area contributed by atoms with Crippen molar-refractivity contribution in [1.29, 1.82) is 0 Å². The van der Waals surface area contributed by atoms with E-state index in [2.05, 4.69) is 36.6 Å². The zero-order chi connectivity index (χ0) is 12.2. The molecule has 0 spiro atoms. The van der Waals surface area contributed by atoms with Gasteiger partial charge in [-0.05, 0) is 43.9 Å². The van der Waals surface area contributed by atoms with Crippen LogP contribution >= 0.6 is 0 Å². The van der Waals surface area contributed by atoms with Crippen molar-refractivity contribution in [3.8, 4) is 0 Å². The number of Topliss-reactive ketones (excluding diaryl/α,β-unsaturated/α-hetero) is 1. The molecule has 1 heterocycles. The molecule has 1 aliphatic rings. The number of hydrogen-bond donors (Lipinski definition) is 0. The molecule has 1 fully saturated rings. The van der Waals surface area contributed by atoms with E-state index in [1.807, 2.05) is 0 Å². The fraction of sp³-hybridized carbons (Fsp3) is 0.400. The van der Waals surface area contributed by atoms with Gasteiger partial charge in [0, 0.05) is 23.9 Å². The van der Waals surface area contributed by atoms with Crippen LogP contribution in [0.3, 0.4) is 0 Å². The molecule has 1 saturated carbocycles. The Labute approximate surface area is 101 Å². The maximum Gasteiger partial charge on any atom is 0.176 e. The van der Waals surface area contributed by atoms with Gasteiger partial charge in [-0.1, -0.05) is 12.1 Å². The highest BCUT2D eigenvalue weighted by atomic mass is 16.1. The highest BCUT2D eigenvalue weighted by Crippen LogP contribution is 2.41. The van der Waals surface area contributed by atoms with E-state index in [0.29, 0.717) is 6.04 Å². The first-order valence-electron chi connectivity index (χ1n) is 6.22. The van der Waals surface area contributed by atoms with Crippen molar-refractivity contribution in [2.45, 2.75) is 39.7 Å². The lowest BCUT2D eigenvalue weighted by Crippen LogP contribution is -2.05. The molecular weight excluding hydrogens is 210 g/mol. The smallest absolute Gasteiger partial charge is 0.176 e. The van der Waals surface area contributed by atoms with Crippen LogP contribution in [0.5, 0.6) is 0 Å². The molecule has 0 radical (unpaired) electrons. The number of rotatable bonds is 2. The summed E-state index contributed by atoms with van der Waals surface area (Å²) in [6, 6.07) is 6.89. The van der Waals surface area contributed by atoms with Gasteiger partial charge in [0.25, 0.3) is 0 Å². The molecule has 3 rings (SSSR count). The zero-order valence-corrected chi connectivity index (χ0v) is 10.6. The number of nitrogens with zero attached hydrogens (tertiary/aromatic N) is 1. The van der Waals surface area contributed by atoms with Crippen LogP contribution in [-0.2, 0) is 0 Å². The molecule has 0 amide bonds. The molecule has 0 bridgehead atoms. The summed E-state index contributed by atoms with van der Waals surface area (Å²) in [6.45, 7) is 5.87. The molecule has 2 heteroatoms. The Hall–Kier alpha value is -1.57. The third-order valence-electron chi connectivity index (χ3n) is 3.73. The second-order valence-corrected chi connectivity index (χ2v) is 5.10. The highest BCUT2D eigenvalue weighted by molar-refractivity contribution is 6.02. The number of carbonyl (C=O) groups excluding carboxylic acids is 1. The predicted molar refractivity (Wildman–Crippen MR) is 69.7 cm³/mol. The van der Waals surface area contributed by atoms with Gasteiger partial charge in [0.05, 0.1) is 5.69 Å². The Morgan fingerprint density at radius 1 is 1.29 bits per heavy atom. The molecule has 0 N–H and O–H groups in total. The van der Waals surface area contributed by atoms with Crippen LogP contribution in [0.25, 0.3) is 10.9 Å². The normalized spacial score (nSPS) is 15.5. The molecule has 1 aromatic carbocycles. The zero-order valence-electron chi connectivity index (χ0n) is 10.6. The van der Waals surface area contributed by atoms with Gasteiger partial charge < -0.3 is 4.57 Å². The lowest BCUT2D eigenvalue weighted by atomic mass is 10.1. The number of benzene rings is 1. The quantitative estimate of drug-likeness (QED) is 0.715. The first-order chi connectivity index (χ1) is 8.11.